The van der Waals surface area contributed by atoms with E-state index in [1.165, 1.54) is 6.20 Å². The van der Waals surface area contributed by atoms with Crippen molar-refractivity contribution in [3.8, 4) is 11.4 Å². The predicted molar refractivity (Wildman–Crippen MR) is 76.9 cm³/mol. The zero-order valence-electron chi connectivity index (χ0n) is 11.3. The highest BCUT2D eigenvalue weighted by atomic mass is 16.4. The molecule has 0 amide bonds. The molecule has 3 aromatic rings. The van der Waals surface area contributed by atoms with Crippen LogP contribution in [0.1, 0.15) is 30.2 Å². The van der Waals surface area contributed by atoms with Gasteiger partial charge in [-0.1, -0.05) is 18.2 Å². The zero-order valence-corrected chi connectivity index (χ0v) is 11.3. The Morgan fingerprint density at radius 3 is 2.75 bits per heavy atom. The van der Waals surface area contributed by atoms with Crippen molar-refractivity contribution in [3.05, 3.63) is 42.1 Å². The monoisotopic (exact) mass is 269 g/mol. The van der Waals surface area contributed by atoms with E-state index in [1.807, 2.05) is 44.2 Å². The molecule has 2 N–H and O–H groups in total. The molecule has 1 aromatic carbocycles. The van der Waals surface area contributed by atoms with E-state index in [-0.39, 0.29) is 11.6 Å². The zero-order chi connectivity index (χ0) is 14.3. The lowest BCUT2D eigenvalue weighted by Crippen LogP contribution is -2.07. The first-order valence-corrected chi connectivity index (χ1v) is 6.47. The number of H-pyrrole nitrogens is 1. The summed E-state index contributed by atoms with van der Waals surface area (Å²) in [6.45, 7) is 3.95. The van der Waals surface area contributed by atoms with Crippen molar-refractivity contribution in [2.45, 2.75) is 19.9 Å². The Labute approximate surface area is 115 Å². The van der Waals surface area contributed by atoms with Gasteiger partial charge in [0, 0.05) is 16.9 Å². The van der Waals surface area contributed by atoms with Crippen molar-refractivity contribution in [1.29, 1.82) is 0 Å². The second-order valence-electron chi connectivity index (χ2n) is 5.02. The van der Waals surface area contributed by atoms with Gasteiger partial charge in [-0.25, -0.2) is 4.79 Å². The van der Waals surface area contributed by atoms with Crippen LogP contribution in [0.15, 0.2) is 36.5 Å². The van der Waals surface area contributed by atoms with Crippen LogP contribution in [-0.4, -0.2) is 25.8 Å². The number of hydrogen-bond donors (Lipinski definition) is 2. The molecule has 0 radical (unpaired) electrons. The van der Waals surface area contributed by atoms with Gasteiger partial charge in [0.1, 0.15) is 5.56 Å². The first kappa shape index (κ1) is 12.5. The van der Waals surface area contributed by atoms with Crippen LogP contribution in [0.5, 0.6) is 0 Å². The SMILES string of the molecule is CC(C)n1ncc(C(=O)O)c1-c1cc2ccccc2[nH]1. The molecule has 2 aromatic heterocycles. The molecule has 0 spiro atoms. The number of hydrogen-bond acceptors (Lipinski definition) is 2. The van der Waals surface area contributed by atoms with Crippen LogP contribution in [0.4, 0.5) is 0 Å². The predicted octanol–water partition coefficient (Wildman–Crippen LogP) is 3.31. The van der Waals surface area contributed by atoms with Crippen molar-refractivity contribution < 1.29 is 9.90 Å². The van der Waals surface area contributed by atoms with Crippen LogP contribution in [0.2, 0.25) is 0 Å². The normalized spacial score (nSPS) is 11.3. The Hall–Kier alpha value is -2.56. The van der Waals surface area contributed by atoms with Crippen molar-refractivity contribution in [3.63, 3.8) is 0 Å². The first-order valence-electron chi connectivity index (χ1n) is 6.47. The Balaban J connectivity index is 2.26. The number of fused-ring (bicyclic) bond motifs is 1. The number of benzene rings is 1. The van der Waals surface area contributed by atoms with E-state index in [0.29, 0.717) is 5.69 Å². The molecule has 102 valence electrons. The maximum atomic E-state index is 11.4. The molecule has 5 nitrogen and oxygen atoms in total. The molecule has 0 saturated carbocycles. The van der Waals surface area contributed by atoms with E-state index in [0.717, 1.165) is 16.6 Å². The number of carboxylic acid groups (broad SMARTS) is 1. The standard InChI is InChI=1S/C15H15N3O2/c1-9(2)18-14(11(8-16-18)15(19)20)13-7-10-5-3-4-6-12(10)17-13/h3-9,17H,1-2H3,(H,19,20). The van der Waals surface area contributed by atoms with Crippen LogP contribution in [0.25, 0.3) is 22.3 Å². The van der Waals surface area contributed by atoms with Gasteiger partial charge in [0.05, 0.1) is 17.6 Å². The van der Waals surface area contributed by atoms with Crippen molar-refractivity contribution in [1.82, 2.24) is 14.8 Å². The molecule has 0 unspecified atom stereocenters. The summed E-state index contributed by atoms with van der Waals surface area (Å²) in [4.78, 5) is 14.6. The van der Waals surface area contributed by atoms with Gasteiger partial charge in [-0.3, -0.25) is 4.68 Å². The van der Waals surface area contributed by atoms with Crippen molar-refractivity contribution in [2.75, 3.05) is 0 Å². The molecule has 5 heteroatoms. The van der Waals surface area contributed by atoms with Crippen LogP contribution < -0.4 is 0 Å². The second kappa shape index (κ2) is 4.52. The molecule has 20 heavy (non-hydrogen) atoms. The fourth-order valence-corrected chi connectivity index (χ4v) is 2.38. The molecule has 0 atom stereocenters. The molecular weight excluding hydrogens is 254 g/mol. The molecule has 0 bridgehead atoms. The fourth-order valence-electron chi connectivity index (χ4n) is 2.38. The number of rotatable bonds is 3. The van der Waals surface area contributed by atoms with Crippen LogP contribution in [-0.2, 0) is 0 Å². The number of para-hydroxylation sites is 1. The van der Waals surface area contributed by atoms with E-state index < -0.39 is 5.97 Å². The number of aromatic nitrogens is 3. The third-order valence-electron chi connectivity index (χ3n) is 3.30. The third kappa shape index (κ3) is 1.87. The minimum absolute atomic E-state index is 0.0875. The summed E-state index contributed by atoms with van der Waals surface area (Å²) in [5.74, 6) is -0.967. The van der Waals surface area contributed by atoms with E-state index in [2.05, 4.69) is 10.1 Å². The summed E-state index contributed by atoms with van der Waals surface area (Å²) in [6, 6.07) is 9.90. The summed E-state index contributed by atoms with van der Waals surface area (Å²) in [5, 5.41) is 14.6. The smallest absolute Gasteiger partial charge is 0.339 e. The van der Waals surface area contributed by atoms with E-state index in [1.54, 1.807) is 4.68 Å². The van der Waals surface area contributed by atoms with Gasteiger partial charge in [-0.2, -0.15) is 5.10 Å². The minimum atomic E-state index is -0.967. The Kier molecular flexibility index (Phi) is 2.82. The molecule has 0 aliphatic carbocycles. The highest BCUT2D eigenvalue weighted by molar-refractivity contribution is 5.96. The molecule has 0 aliphatic rings. The fraction of sp³-hybridized carbons (Fsp3) is 0.200. The Morgan fingerprint density at radius 1 is 1.35 bits per heavy atom. The average molecular weight is 269 g/mol. The number of carbonyl (C=O) groups is 1. The van der Waals surface area contributed by atoms with Gasteiger partial charge in [0.25, 0.3) is 0 Å². The van der Waals surface area contributed by atoms with Gasteiger partial charge in [0.15, 0.2) is 0 Å². The molecule has 0 aliphatic heterocycles. The number of carboxylic acids is 1. The summed E-state index contributed by atoms with van der Waals surface area (Å²) in [7, 11) is 0. The average Bonchev–Trinajstić information content (AvgIpc) is 3.01. The lowest BCUT2D eigenvalue weighted by molar-refractivity contribution is 0.0697. The van der Waals surface area contributed by atoms with Gasteiger partial charge in [-0.05, 0) is 26.0 Å². The van der Waals surface area contributed by atoms with E-state index >= 15 is 0 Å². The molecule has 3 rings (SSSR count). The summed E-state index contributed by atoms with van der Waals surface area (Å²) in [5.41, 5.74) is 2.58. The maximum absolute atomic E-state index is 11.4. The molecular formula is C15H15N3O2. The number of aromatic amines is 1. The van der Waals surface area contributed by atoms with Crippen molar-refractivity contribution in [2.24, 2.45) is 0 Å². The highest BCUT2D eigenvalue weighted by Crippen LogP contribution is 2.28. The van der Waals surface area contributed by atoms with Gasteiger partial charge in [-0.15, -0.1) is 0 Å². The largest absolute Gasteiger partial charge is 0.478 e. The lowest BCUT2D eigenvalue weighted by atomic mass is 10.1. The summed E-state index contributed by atoms with van der Waals surface area (Å²) < 4.78 is 1.73. The Morgan fingerprint density at radius 2 is 2.10 bits per heavy atom. The third-order valence-corrected chi connectivity index (χ3v) is 3.30. The number of nitrogens with one attached hydrogen (secondary N) is 1. The Bertz CT molecular complexity index is 750. The van der Waals surface area contributed by atoms with Crippen molar-refractivity contribution >= 4 is 16.9 Å². The number of aromatic carboxylic acids is 1. The molecule has 0 saturated heterocycles. The number of nitrogens with zero attached hydrogens (tertiary/aromatic N) is 2. The van der Waals surface area contributed by atoms with Crippen LogP contribution >= 0.6 is 0 Å². The van der Waals surface area contributed by atoms with Gasteiger partial charge < -0.3 is 10.1 Å². The topological polar surface area (TPSA) is 70.9 Å². The summed E-state index contributed by atoms with van der Waals surface area (Å²) in [6.07, 6.45) is 1.41. The van der Waals surface area contributed by atoms with Gasteiger partial charge >= 0.3 is 5.97 Å². The lowest BCUT2D eigenvalue weighted by Gasteiger charge is -2.10. The minimum Gasteiger partial charge on any atom is -0.478 e. The van der Waals surface area contributed by atoms with Crippen LogP contribution in [0.3, 0.4) is 0 Å². The molecule has 2 heterocycles. The first-order chi connectivity index (χ1) is 9.58. The van der Waals surface area contributed by atoms with E-state index in [4.69, 9.17) is 0 Å². The highest BCUT2D eigenvalue weighted by Gasteiger charge is 2.21. The van der Waals surface area contributed by atoms with Gasteiger partial charge in [0.2, 0.25) is 0 Å². The quantitative estimate of drug-likeness (QED) is 0.766. The molecule has 0 fully saturated rings. The van der Waals surface area contributed by atoms with E-state index in [9.17, 15) is 9.90 Å². The maximum Gasteiger partial charge on any atom is 0.339 e. The summed E-state index contributed by atoms with van der Waals surface area (Å²) >= 11 is 0. The second-order valence-corrected chi connectivity index (χ2v) is 5.02. The van der Waals surface area contributed by atoms with Crippen LogP contribution in [0, 0.1) is 0 Å².